The number of alkyl halides is 2. The molecule has 8 heteroatoms. The van der Waals surface area contributed by atoms with Crippen molar-refractivity contribution in [2.45, 2.75) is 12.0 Å². The summed E-state index contributed by atoms with van der Waals surface area (Å²) in [6.45, 7) is 1.25. The van der Waals surface area contributed by atoms with Crippen LogP contribution in [-0.2, 0) is 0 Å². The molecule has 5 nitrogen and oxygen atoms in total. The Kier molecular flexibility index (Phi) is 5.44. The van der Waals surface area contributed by atoms with E-state index in [1.807, 2.05) is 0 Å². The number of piperazine rings is 1. The minimum Gasteiger partial charge on any atom is -0.454 e. The summed E-state index contributed by atoms with van der Waals surface area (Å²) in [6, 6.07) is 3.67. The SMILES string of the molecule is Cl.OCC(F)(F)[C@@H](c1ccc2c(c1)OCO2)N1CCNCC1. The fraction of sp³-hybridized carbons (Fsp3) is 0.571. The lowest BCUT2D eigenvalue weighted by atomic mass is 9.97. The molecule has 1 saturated heterocycles. The molecule has 2 aliphatic heterocycles. The van der Waals surface area contributed by atoms with Crippen molar-refractivity contribution in [3.8, 4) is 11.5 Å². The van der Waals surface area contributed by atoms with Gasteiger partial charge in [-0.15, -0.1) is 12.4 Å². The Morgan fingerprint density at radius 3 is 2.59 bits per heavy atom. The van der Waals surface area contributed by atoms with Crippen LogP contribution in [-0.4, -0.2) is 55.5 Å². The molecule has 0 bridgehead atoms. The number of ether oxygens (including phenoxy) is 2. The number of benzene rings is 1. The zero-order chi connectivity index (χ0) is 14.9. The van der Waals surface area contributed by atoms with Gasteiger partial charge in [0, 0.05) is 26.2 Å². The van der Waals surface area contributed by atoms with E-state index >= 15 is 0 Å². The van der Waals surface area contributed by atoms with Gasteiger partial charge in [-0.25, -0.2) is 8.78 Å². The van der Waals surface area contributed by atoms with Crippen LogP contribution >= 0.6 is 12.4 Å². The van der Waals surface area contributed by atoms with Crippen LogP contribution in [0.5, 0.6) is 11.5 Å². The van der Waals surface area contributed by atoms with Crippen LogP contribution in [0.1, 0.15) is 11.6 Å². The maximum atomic E-state index is 14.3. The molecule has 1 aromatic rings. The van der Waals surface area contributed by atoms with Crippen LogP contribution in [0, 0.1) is 0 Å². The molecule has 1 fully saturated rings. The first-order chi connectivity index (χ1) is 10.1. The maximum absolute atomic E-state index is 14.3. The first-order valence-corrected chi connectivity index (χ1v) is 6.95. The highest BCUT2D eigenvalue weighted by atomic mass is 35.5. The van der Waals surface area contributed by atoms with Gasteiger partial charge >= 0.3 is 0 Å². The summed E-state index contributed by atoms with van der Waals surface area (Å²) in [5, 5.41) is 12.2. The Hall–Kier alpha value is -1.15. The minimum absolute atomic E-state index is 0. The third-order valence-electron chi connectivity index (χ3n) is 3.84. The Balaban J connectivity index is 0.00000176. The summed E-state index contributed by atoms with van der Waals surface area (Å²) in [6.07, 6.45) is 0. The lowest BCUT2D eigenvalue weighted by Crippen LogP contribution is -2.51. The van der Waals surface area contributed by atoms with Crippen LogP contribution in [0.2, 0.25) is 0 Å². The Bertz CT molecular complexity index is 513. The summed E-state index contributed by atoms with van der Waals surface area (Å²) < 4.78 is 39.0. The van der Waals surface area contributed by atoms with Crippen LogP contribution in [0.4, 0.5) is 8.78 Å². The van der Waals surface area contributed by atoms with Crippen LogP contribution < -0.4 is 14.8 Å². The topological polar surface area (TPSA) is 54.0 Å². The molecule has 0 aromatic heterocycles. The molecule has 2 heterocycles. The first kappa shape index (κ1) is 17.2. The monoisotopic (exact) mass is 336 g/mol. The van der Waals surface area contributed by atoms with Crippen LogP contribution in [0.25, 0.3) is 0 Å². The standard InChI is InChI=1S/C14H18F2N2O3.ClH/c15-14(16,8-19)13(18-5-3-17-4-6-18)10-1-2-11-12(7-10)21-9-20-11;/h1-2,7,13,17,19H,3-6,8-9H2;1H/t13-;/m1./s1. The van der Waals surface area contributed by atoms with E-state index in [-0.39, 0.29) is 19.2 Å². The lowest BCUT2D eigenvalue weighted by molar-refractivity contribution is -0.118. The van der Waals surface area contributed by atoms with Gasteiger partial charge in [0.1, 0.15) is 12.6 Å². The highest BCUT2D eigenvalue weighted by Crippen LogP contribution is 2.41. The second kappa shape index (κ2) is 6.95. The van der Waals surface area contributed by atoms with E-state index in [0.717, 1.165) is 0 Å². The predicted octanol–water partition coefficient (Wildman–Crippen LogP) is 1.41. The number of aliphatic hydroxyl groups excluding tert-OH is 1. The van der Waals surface area contributed by atoms with Crippen molar-refractivity contribution in [2.24, 2.45) is 0 Å². The van der Waals surface area contributed by atoms with E-state index in [1.165, 1.54) is 0 Å². The van der Waals surface area contributed by atoms with Gasteiger partial charge in [0.2, 0.25) is 6.79 Å². The van der Waals surface area contributed by atoms with Gasteiger partial charge in [0.15, 0.2) is 11.5 Å². The van der Waals surface area contributed by atoms with Gasteiger partial charge in [0.05, 0.1) is 0 Å². The normalized spacial score (nSPS) is 19.6. The quantitative estimate of drug-likeness (QED) is 0.871. The Morgan fingerprint density at radius 1 is 1.23 bits per heavy atom. The second-order valence-corrected chi connectivity index (χ2v) is 5.22. The number of rotatable bonds is 4. The second-order valence-electron chi connectivity index (χ2n) is 5.22. The number of fused-ring (bicyclic) bond motifs is 1. The van der Waals surface area contributed by atoms with Gasteiger partial charge in [0.25, 0.3) is 5.92 Å². The molecule has 2 aliphatic rings. The number of halogens is 3. The fourth-order valence-corrected chi connectivity index (χ4v) is 2.83. The number of aliphatic hydroxyl groups is 1. The zero-order valence-electron chi connectivity index (χ0n) is 11.9. The van der Waals surface area contributed by atoms with E-state index < -0.39 is 18.6 Å². The van der Waals surface area contributed by atoms with Gasteiger partial charge in [-0.1, -0.05) is 6.07 Å². The van der Waals surface area contributed by atoms with E-state index in [1.54, 1.807) is 23.1 Å². The first-order valence-electron chi connectivity index (χ1n) is 6.95. The van der Waals surface area contributed by atoms with Crippen molar-refractivity contribution in [1.29, 1.82) is 0 Å². The van der Waals surface area contributed by atoms with Crippen molar-refractivity contribution in [2.75, 3.05) is 39.6 Å². The number of hydrogen-bond donors (Lipinski definition) is 2. The summed E-state index contributed by atoms with van der Waals surface area (Å²) in [7, 11) is 0. The van der Waals surface area contributed by atoms with Crippen molar-refractivity contribution >= 4 is 12.4 Å². The van der Waals surface area contributed by atoms with E-state index in [4.69, 9.17) is 14.6 Å². The fourth-order valence-electron chi connectivity index (χ4n) is 2.83. The van der Waals surface area contributed by atoms with Gasteiger partial charge < -0.3 is 19.9 Å². The predicted molar refractivity (Wildman–Crippen MR) is 79.0 cm³/mol. The van der Waals surface area contributed by atoms with E-state index in [0.29, 0.717) is 43.2 Å². The summed E-state index contributed by atoms with van der Waals surface area (Å²) >= 11 is 0. The smallest absolute Gasteiger partial charge is 0.289 e. The molecule has 1 atom stereocenters. The average molecular weight is 337 g/mol. The van der Waals surface area contributed by atoms with Crippen LogP contribution in [0.15, 0.2) is 18.2 Å². The van der Waals surface area contributed by atoms with Crippen molar-refractivity contribution in [3.63, 3.8) is 0 Å². The molecule has 0 spiro atoms. The van der Waals surface area contributed by atoms with Crippen molar-refractivity contribution < 1.29 is 23.4 Å². The largest absolute Gasteiger partial charge is 0.454 e. The van der Waals surface area contributed by atoms with Crippen molar-refractivity contribution in [3.05, 3.63) is 23.8 Å². The minimum atomic E-state index is -3.22. The molecule has 0 aliphatic carbocycles. The maximum Gasteiger partial charge on any atom is 0.289 e. The molecule has 0 radical (unpaired) electrons. The molecule has 22 heavy (non-hydrogen) atoms. The number of hydrogen-bond acceptors (Lipinski definition) is 5. The third kappa shape index (κ3) is 3.27. The molecule has 3 rings (SSSR count). The lowest BCUT2D eigenvalue weighted by Gasteiger charge is -2.38. The van der Waals surface area contributed by atoms with Crippen LogP contribution in [0.3, 0.4) is 0 Å². The Labute approximate surface area is 133 Å². The molecule has 0 amide bonds. The van der Waals surface area contributed by atoms with Gasteiger partial charge in [-0.3, -0.25) is 4.90 Å². The third-order valence-corrected chi connectivity index (χ3v) is 3.84. The molecule has 0 saturated carbocycles. The van der Waals surface area contributed by atoms with Crippen molar-refractivity contribution in [1.82, 2.24) is 10.2 Å². The zero-order valence-corrected chi connectivity index (χ0v) is 12.7. The van der Waals surface area contributed by atoms with E-state index in [9.17, 15) is 8.78 Å². The molecule has 2 N–H and O–H groups in total. The molecule has 0 unspecified atom stereocenters. The molecule has 1 aromatic carbocycles. The van der Waals surface area contributed by atoms with E-state index in [2.05, 4.69) is 5.32 Å². The molecular formula is C14H19ClF2N2O3. The highest BCUT2D eigenvalue weighted by Gasteiger charge is 2.44. The summed E-state index contributed by atoms with van der Waals surface area (Å²) in [5.41, 5.74) is 0.431. The van der Waals surface area contributed by atoms with Gasteiger partial charge in [-0.05, 0) is 17.7 Å². The number of nitrogens with zero attached hydrogens (tertiary/aromatic N) is 1. The van der Waals surface area contributed by atoms with Gasteiger partial charge in [-0.2, -0.15) is 0 Å². The summed E-state index contributed by atoms with van der Waals surface area (Å²) in [4.78, 5) is 1.70. The average Bonchev–Trinajstić information content (AvgIpc) is 2.96. The highest BCUT2D eigenvalue weighted by molar-refractivity contribution is 5.85. The number of nitrogens with one attached hydrogen (secondary N) is 1. The Morgan fingerprint density at radius 2 is 1.91 bits per heavy atom. The molecular weight excluding hydrogens is 318 g/mol. The molecule has 124 valence electrons. The summed E-state index contributed by atoms with van der Waals surface area (Å²) in [5.74, 6) is -2.18.